The van der Waals surface area contributed by atoms with E-state index in [4.69, 9.17) is 5.84 Å². The fraction of sp³-hybridized carbons (Fsp3) is 0.545. The zero-order chi connectivity index (χ0) is 14.4. The minimum Gasteiger partial charge on any atom is -0.341 e. The number of nitrogens with two attached hydrogens (primary N) is 1. The van der Waals surface area contributed by atoms with Gasteiger partial charge in [0.25, 0.3) is 5.95 Å². The smallest absolute Gasteiger partial charge is 0.258 e. The fourth-order valence-electron chi connectivity index (χ4n) is 1.72. The summed E-state index contributed by atoms with van der Waals surface area (Å²) in [5, 5.41) is 4.02. The van der Waals surface area contributed by atoms with Crippen LogP contribution in [0.5, 0.6) is 0 Å². The lowest BCUT2D eigenvalue weighted by Crippen LogP contribution is -2.27. The number of aromatic nitrogens is 6. The molecule has 0 saturated carbocycles. The lowest BCUT2D eigenvalue weighted by molar-refractivity contribution is 0.702. The average molecular weight is 277 g/mol. The summed E-state index contributed by atoms with van der Waals surface area (Å²) in [6.45, 7) is 5.90. The summed E-state index contributed by atoms with van der Waals surface area (Å²) in [7, 11) is 0. The molecule has 0 amide bonds. The van der Waals surface area contributed by atoms with Crippen molar-refractivity contribution in [3.63, 3.8) is 0 Å². The number of anilines is 2. The van der Waals surface area contributed by atoms with Gasteiger partial charge in [0.1, 0.15) is 12.7 Å². The average Bonchev–Trinajstić information content (AvgIpc) is 3.02. The maximum absolute atomic E-state index is 5.42. The highest BCUT2D eigenvalue weighted by atomic mass is 15.4. The molecule has 2 rings (SSSR count). The van der Waals surface area contributed by atoms with Crippen molar-refractivity contribution in [1.29, 1.82) is 0 Å². The summed E-state index contributed by atoms with van der Waals surface area (Å²) < 4.78 is 1.47. The predicted octanol–water partition coefficient (Wildman–Crippen LogP) is 0.364. The number of nitrogens with zero attached hydrogens (tertiary/aromatic N) is 7. The van der Waals surface area contributed by atoms with Crippen LogP contribution in [0.1, 0.15) is 26.7 Å². The molecule has 3 N–H and O–H groups in total. The van der Waals surface area contributed by atoms with Crippen LogP contribution in [0, 0.1) is 0 Å². The van der Waals surface area contributed by atoms with E-state index in [9.17, 15) is 0 Å². The van der Waals surface area contributed by atoms with E-state index in [2.05, 4.69) is 49.2 Å². The predicted molar refractivity (Wildman–Crippen MR) is 75.3 cm³/mol. The first kappa shape index (κ1) is 14.1. The Morgan fingerprint density at radius 2 is 2.15 bits per heavy atom. The molecule has 0 aliphatic carbocycles. The van der Waals surface area contributed by atoms with Crippen LogP contribution >= 0.6 is 0 Å². The number of nitrogen functional groups attached to an aromatic ring is 1. The van der Waals surface area contributed by atoms with Gasteiger partial charge in [0.2, 0.25) is 11.9 Å². The fourth-order valence-corrected chi connectivity index (χ4v) is 1.72. The summed E-state index contributed by atoms with van der Waals surface area (Å²) in [5.41, 5.74) is 2.45. The van der Waals surface area contributed by atoms with E-state index >= 15 is 0 Å². The van der Waals surface area contributed by atoms with Crippen molar-refractivity contribution in [2.75, 3.05) is 23.4 Å². The van der Waals surface area contributed by atoms with E-state index in [0.717, 1.165) is 25.9 Å². The molecule has 0 bridgehead atoms. The van der Waals surface area contributed by atoms with Gasteiger partial charge in [-0.05, 0) is 13.3 Å². The Hall–Kier alpha value is -2.29. The van der Waals surface area contributed by atoms with Gasteiger partial charge >= 0.3 is 0 Å². The van der Waals surface area contributed by atoms with Crippen LogP contribution in [-0.2, 0) is 0 Å². The van der Waals surface area contributed by atoms with E-state index in [1.54, 1.807) is 0 Å². The van der Waals surface area contributed by atoms with Gasteiger partial charge in [0.05, 0.1) is 0 Å². The Morgan fingerprint density at radius 1 is 1.30 bits per heavy atom. The molecule has 9 heteroatoms. The number of nitrogens with one attached hydrogen (secondary N) is 1. The van der Waals surface area contributed by atoms with Crippen LogP contribution in [0.2, 0.25) is 0 Å². The molecule has 0 spiro atoms. The molecule has 20 heavy (non-hydrogen) atoms. The van der Waals surface area contributed by atoms with Crippen molar-refractivity contribution in [3.05, 3.63) is 12.7 Å². The Balaban J connectivity index is 2.34. The third-order valence-corrected chi connectivity index (χ3v) is 2.81. The molecule has 2 aromatic heterocycles. The molecule has 0 aliphatic heterocycles. The molecular formula is C11H19N9. The molecule has 0 aliphatic rings. The number of hydrogen-bond acceptors (Lipinski definition) is 8. The molecule has 2 aromatic rings. The number of unbranched alkanes of at least 4 members (excludes halogenated alkanes) is 1. The van der Waals surface area contributed by atoms with Gasteiger partial charge in [0.15, 0.2) is 0 Å². The van der Waals surface area contributed by atoms with E-state index < -0.39 is 0 Å². The standard InChI is InChI=1S/C11H19N9/c1-3-5-6-19(4-2)10-15-9(18-12)16-11(17-10)20-8-13-7-14-20/h7-8H,3-6,12H2,1-2H3,(H,15,16,17,18). The van der Waals surface area contributed by atoms with Crippen LogP contribution in [0.4, 0.5) is 11.9 Å². The second-order valence-corrected chi connectivity index (χ2v) is 4.18. The second kappa shape index (κ2) is 6.75. The SMILES string of the molecule is CCCCN(CC)c1nc(NN)nc(-n2cncn2)n1. The third-order valence-electron chi connectivity index (χ3n) is 2.81. The van der Waals surface area contributed by atoms with Crippen LogP contribution in [0.15, 0.2) is 12.7 Å². The first-order chi connectivity index (χ1) is 9.78. The van der Waals surface area contributed by atoms with Gasteiger partial charge in [-0.2, -0.15) is 24.7 Å². The molecular weight excluding hydrogens is 258 g/mol. The molecule has 0 aromatic carbocycles. The summed E-state index contributed by atoms with van der Waals surface area (Å²) in [4.78, 5) is 18.8. The lowest BCUT2D eigenvalue weighted by atomic mass is 10.3. The van der Waals surface area contributed by atoms with E-state index in [1.807, 2.05) is 0 Å². The Kier molecular flexibility index (Phi) is 4.77. The van der Waals surface area contributed by atoms with Gasteiger partial charge in [-0.15, -0.1) is 0 Å². The zero-order valence-corrected chi connectivity index (χ0v) is 11.7. The topological polar surface area (TPSA) is 111 Å². The highest BCUT2D eigenvalue weighted by Gasteiger charge is 2.13. The van der Waals surface area contributed by atoms with Crippen molar-refractivity contribution in [2.45, 2.75) is 26.7 Å². The number of rotatable bonds is 7. The van der Waals surface area contributed by atoms with Gasteiger partial charge in [-0.3, -0.25) is 5.43 Å². The largest absolute Gasteiger partial charge is 0.341 e. The van der Waals surface area contributed by atoms with Crippen LogP contribution in [-0.4, -0.2) is 42.8 Å². The Bertz CT molecular complexity index is 525. The quantitative estimate of drug-likeness (QED) is 0.551. The minimum absolute atomic E-state index is 0.301. The normalized spacial score (nSPS) is 10.6. The van der Waals surface area contributed by atoms with Crippen molar-refractivity contribution in [1.82, 2.24) is 29.7 Å². The zero-order valence-electron chi connectivity index (χ0n) is 11.7. The second-order valence-electron chi connectivity index (χ2n) is 4.18. The van der Waals surface area contributed by atoms with Gasteiger partial charge in [0, 0.05) is 13.1 Å². The number of hydrogen-bond donors (Lipinski definition) is 2. The van der Waals surface area contributed by atoms with Crippen LogP contribution in [0.3, 0.4) is 0 Å². The van der Waals surface area contributed by atoms with Crippen molar-refractivity contribution < 1.29 is 0 Å². The first-order valence-electron chi connectivity index (χ1n) is 6.61. The van der Waals surface area contributed by atoms with Crippen molar-refractivity contribution in [3.8, 4) is 5.95 Å². The molecule has 0 fully saturated rings. The summed E-state index contributed by atoms with van der Waals surface area (Å²) >= 11 is 0. The van der Waals surface area contributed by atoms with Gasteiger partial charge in [-0.25, -0.2) is 10.8 Å². The van der Waals surface area contributed by atoms with Gasteiger partial charge < -0.3 is 4.90 Å². The van der Waals surface area contributed by atoms with E-state index in [1.165, 1.54) is 17.3 Å². The Labute approximate surface area is 117 Å². The Morgan fingerprint density at radius 3 is 2.75 bits per heavy atom. The summed E-state index contributed by atoms with van der Waals surface area (Å²) in [6.07, 6.45) is 5.14. The van der Waals surface area contributed by atoms with Crippen LogP contribution < -0.4 is 16.2 Å². The summed E-state index contributed by atoms with van der Waals surface area (Å²) in [6, 6.07) is 0. The first-order valence-corrected chi connectivity index (χ1v) is 6.61. The molecule has 0 radical (unpaired) electrons. The minimum atomic E-state index is 0.301. The maximum Gasteiger partial charge on any atom is 0.258 e. The third kappa shape index (κ3) is 3.18. The molecule has 9 nitrogen and oxygen atoms in total. The molecule has 0 unspecified atom stereocenters. The van der Waals surface area contributed by atoms with Crippen molar-refractivity contribution >= 4 is 11.9 Å². The monoisotopic (exact) mass is 277 g/mol. The van der Waals surface area contributed by atoms with Crippen molar-refractivity contribution in [2.24, 2.45) is 5.84 Å². The molecule has 0 saturated heterocycles. The van der Waals surface area contributed by atoms with Gasteiger partial charge in [-0.1, -0.05) is 13.3 Å². The maximum atomic E-state index is 5.42. The molecule has 0 atom stereocenters. The highest BCUT2D eigenvalue weighted by Crippen LogP contribution is 2.13. The number of hydrazine groups is 1. The summed E-state index contributed by atoms with van der Waals surface area (Å²) in [5.74, 6) is 6.68. The molecule has 108 valence electrons. The van der Waals surface area contributed by atoms with Crippen LogP contribution in [0.25, 0.3) is 5.95 Å². The highest BCUT2D eigenvalue weighted by molar-refractivity contribution is 5.39. The lowest BCUT2D eigenvalue weighted by Gasteiger charge is -2.21. The van der Waals surface area contributed by atoms with E-state index in [0.29, 0.717) is 17.8 Å². The van der Waals surface area contributed by atoms with E-state index in [-0.39, 0.29) is 0 Å². The molecule has 2 heterocycles.